The molecule has 1 amide bonds. The second-order valence-corrected chi connectivity index (χ2v) is 3.88. The van der Waals surface area contributed by atoms with Crippen molar-refractivity contribution in [3.63, 3.8) is 0 Å². The molecule has 0 aliphatic carbocycles. The van der Waals surface area contributed by atoms with E-state index in [-0.39, 0.29) is 11.4 Å². The number of hydrogen-bond acceptors (Lipinski definition) is 4. The van der Waals surface area contributed by atoms with Gasteiger partial charge in [-0.3, -0.25) is 4.79 Å². The zero-order valence-electron chi connectivity index (χ0n) is 9.73. The minimum Gasteiger partial charge on any atom is -0.350 e. The molecule has 1 aromatic rings. The number of rotatable bonds is 5. The Morgan fingerprint density at radius 1 is 1.44 bits per heavy atom. The lowest BCUT2D eigenvalue weighted by Crippen LogP contribution is -2.49. The summed E-state index contributed by atoms with van der Waals surface area (Å²) in [7, 11) is 0. The second-order valence-electron chi connectivity index (χ2n) is 3.88. The number of nitrogens with one attached hydrogen (secondary N) is 1. The predicted octanol–water partition coefficient (Wildman–Crippen LogP) is 0.724. The van der Waals surface area contributed by atoms with Gasteiger partial charge in [-0.2, -0.15) is 10.2 Å². The largest absolute Gasteiger partial charge is 0.350 e. The van der Waals surface area contributed by atoms with Crippen LogP contribution < -0.4 is 11.1 Å². The molecular weight excluding hydrogens is 204 g/mol. The standard InChI is InChI=1S/C11H18N4O/c1-3-11(12,4-2)8-13-10(16)9-5-6-14-15-7-9/h5-7H,3-4,8,12H2,1-2H3,(H,13,16). The Balaban J connectivity index is 2.54. The van der Waals surface area contributed by atoms with Gasteiger partial charge in [-0.25, -0.2) is 0 Å². The van der Waals surface area contributed by atoms with Crippen LogP contribution in [0, 0.1) is 0 Å². The fraction of sp³-hybridized carbons (Fsp3) is 0.545. The molecule has 0 saturated heterocycles. The molecule has 0 fully saturated rings. The Labute approximate surface area is 95.4 Å². The van der Waals surface area contributed by atoms with Gasteiger partial charge in [0.1, 0.15) is 0 Å². The number of carbonyl (C=O) groups excluding carboxylic acids is 1. The van der Waals surface area contributed by atoms with E-state index >= 15 is 0 Å². The number of aromatic nitrogens is 2. The van der Waals surface area contributed by atoms with E-state index in [1.165, 1.54) is 12.4 Å². The minimum absolute atomic E-state index is 0.161. The molecule has 16 heavy (non-hydrogen) atoms. The number of nitrogens with two attached hydrogens (primary N) is 1. The highest BCUT2D eigenvalue weighted by Gasteiger charge is 2.21. The molecule has 0 aromatic carbocycles. The maximum Gasteiger partial charge on any atom is 0.253 e. The molecule has 1 heterocycles. The molecule has 0 spiro atoms. The maximum absolute atomic E-state index is 11.7. The van der Waals surface area contributed by atoms with Crippen LogP contribution in [0.15, 0.2) is 18.5 Å². The first kappa shape index (κ1) is 12.6. The summed E-state index contributed by atoms with van der Waals surface area (Å²) in [5.74, 6) is -0.161. The van der Waals surface area contributed by atoms with E-state index in [4.69, 9.17) is 5.73 Å². The lowest BCUT2D eigenvalue weighted by atomic mass is 9.94. The zero-order valence-corrected chi connectivity index (χ0v) is 9.73. The van der Waals surface area contributed by atoms with E-state index in [1.807, 2.05) is 13.8 Å². The van der Waals surface area contributed by atoms with Gasteiger partial charge in [-0.05, 0) is 18.9 Å². The van der Waals surface area contributed by atoms with Crippen molar-refractivity contribution in [1.29, 1.82) is 0 Å². The fourth-order valence-corrected chi connectivity index (χ4v) is 1.28. The predicted molar refractivity (Wildman–Crippen MR) is 61.9 cm³/mol. The molecule has 5 heteroatoms. The first-order chi connectivity index (χ1) is 7.61. The van der Waals surface area contributed by atoms with Crippen molar-refractivity contribution in [2.45, 2.75) is 32.2 Å². The lowest BCUT2D eigenvalue weighted by Gasteiger charge is -2.26. The van der Waals surface area contributed by atoms with Gasteiger partial charge in [0.25, 0.3) is 5.91 Å². The summed E-state index contributed by atoms with van der Waals surface area (Å²) >= 11 is 0. The highest BCUT2D eigenvalue weighted by Crippen LogP contribution is 2.09. The van der Waals surface area contributed by atoms with Crippen molar-refractivity contribution >= 4 is 5.91 Å². The van der Waals surface area contributed by atoms with E-state index < -0.39 is 0 Å². The highest BCUT2D eigenvalue weighted by atomic mass is 16.1. The first-order valence-corrected chi connectivity index (χ1v) is 5.45. The van der Waals surface area contributed by atoms with E-state index in [2.05, 4.69) is 15.5 Å². The van der Waals surface area contributed by atoms with Crippen LogP contribution >= 0.6 is 0 Å². The molecule has 0 radical (unpaired) electrons. The molecule has 88 valence electrons. The third-order valence-electron chi connectivity index (χ3n) is 2.86. The highest BCUT2D eigenvalue weighted by molar-refractivity contribution is 5.93. The molecule has 0 aliphatic heterocycles. The monoisotopic (exact) mass is 222 g/mol. The van der Waals surface area contributed by atoms with Crippen LogP contribution in [0.3, 0.4) is 0 Å². The minimum atomic E-state index is -0.323. The Morgan fingerprint density at radius 3 is 2.62 bits per heavy atom. The van der Waals surface area contributed by atoms with Gasteiger partial charge in [-0.15, -0.1) is 0 Å². The first-order valence-electron chi connectivity index (χ1n) is 5.45. The van der Waals surface area contributed by atoms with Crippen LogP contribution in [0.2, 0.25) is 0 Å². The summed E-state index contributed by atoms with van der Waals surface area (Å²) in [6, 6.07) is 1.62. The van der Waals surface area contributed by atoms with Crippen molar-refractivity contribution in [1.82, 2.24) is 15.5 Å². The van der Waals surface area contributed by atoms with E-state index in [0.717, 1.165) is 12.8 Å². The van der Waals surface area contributed by atoms with Crippen molar-refractivity contribution in [2.24, 2.45) is 5.73 Å². The topological polar surface area (TPSA) is 80.9 Å². The lowest BCUT2D eigenvalue weighted by molar-refractivity contribution is 0.0941. The van der Waals surface area contributed by atoms with Crippen molar-refractivity contribution in [3.05, 3.63) is 24.0 Å². The quantitative estimate of drug-likeness (QED) is 0.769. The van der Waals surface area contributed by atoms with Crippen LogP contribution in [0.1, 0.15) is 37.0 Å². The van der Waals surface area contributed by atoms with Crippen LogP contribution in [-0.2, 0) is 0 Å². The van der Waals surface area contributed by atoms with Crippen molar-refractivity contribution in [2.75, 3.05) is 6.54 Å². The van der Waals surface area contributed by atoms with Gasteiger partial charge in [0.2, 0.25) is 0 Å². The Hall–Kier alpha value is -1.49. The average molecular weight is 222 g/mol. The smallest absolute Gasteiger partial charge is 0.253 e. The summed E-state index contributed by atoms with van der Waals surface area (Å²) in [6.45, 7) is 4.51. The molecule has 0 unspecified atom stereocenters. The molecular formula is C11H18N4O. The summed E-state index contributed by atoms with van der Waals surface area (Å²) < 4.78 is 0. The number of nitrogens with zero attached hydrogens (tertiary/aromatic N) is 2. The van der Waals surface area contributed by atoms with Gasteiger partial charge in [0.05, 0.1) is 18.0 Å². The molecule has 0 atom stereocenters. The Morgan fingerprint density at radius 2 is 2.12 bits per heavy atom. The van der Waals surface area contributed by atoms with Gasteiger partial charge < -0.3 is 11.1 Å². The SMILES string of the molecule is CCC(N)(CC)CNC(=O)c1ccnnc1. The van der Waals surface area contributed by atoms with Crippen LogP contribution in [0.5, 0.6) is 0 Å². The molecule has 5 nitrogen and oxygen atoms in total. The van der Waals surface area contributed by atoms with E-state index in [0.29, 0.717) is 12.1 Å². The molecule has 1 rings (SSSR count). The third-order valence-corrected chi connectivity index (χ3v) is 2.86. The average Bonchev–Trinajstić information content (AvgIpc) is 2.36. The molecule has 0 saturated carbocycles. The molecule has 0 aliphatic rings. The molecule has 0 bridgehead atoms. The summed E-state index contributed by atoms with van der Waals surface area (Å²) in [5.41, 5.74) is 6.26. The molecule has 3 N–H and O–H groups in total. The van der Waals surface area contributed by atoms with Crippen LogP contribution in [0.4, 0.5) is 0 Å². The van der Waals surface area contributed by atoms with Crippen LogP contribution in [-0.4, -0.2) is 28.2 Å². The van der Waals surface area contributed by atoms with E-state index in [1.54, 1.807) is 6.07 Å². The van der Waals surface area contributed by atoms with Crippen molar-refractivity contribution < 1.29 is 4.79 Å². The number of amides is 1. The fourth-order valence-electron chi connectivity index (χ4n) is 1.28. The maximum atomic E-state index is 11.7. The van der Waals surface area contributed by atoms with Crippen LogP contribution in [0.25, 0.3) is 0 Å². The number of carbonyl (C=O) groups is 1. The van der Waals surface area contributed by atoms with Gasteiger partial charge in [-0.1, -0.05) is 13.8 Å². The Bertz CT molecular complexity index is 335. The third kappa shape index (κ3) is 3.27. The summed E-state index contributed by atoms with van der Waals surface area (Å²) in [5, 5.41) is 10.1. The second kappa shape index (κ2) is 5.55. The van der Waals surface area contributed by atoms with Gasteiger partial charge in [0.15, 0.2) is 0 Å². The molecule has 1 aromatic heterocycles. The zero-order chi connectivity index (χ0) is 12.0. The number of hydrogen-bond donors (Lipinski definition) is 2. The summed E-state index contributed by atoms with van der Waals surface area (Å²) in [6.07, 6.45) is 4.59. The van der Waals surface area contributed by atoms with Crippen molar-refractivity contribution in [3.8, 4) is 0 Å². The Kier molecular flexibility index (Phi) is 4.37. The normalized spacial score (nSPS) is 11.2. The van der Waals surface area contributed by atoms with Gasteiger partial charge >= 0.3 is 0 Å². The van der Waals surface area contributed by atoms with E-state index in [9.17, 15) is 4.79 Å². The van der Waals surface area contributed by atoms with Gasteiger partial charge in [0, 0.05) is 12.1 Å². The summed E-state index contributed by atoms with van der Waals surface area (Å²) in [4.78, 5) is 11.7.